The van der Waals surface area contributed by atoms with Gasteiger partial charge in [-0.15, -0.1) is 0 Å². The number of para-hydroxylation sites is 4. The lowest BCUT2D eigenvalue weighted by Gasteiger charge is -2.21. The van der Waals surface area contributed by atoms with Gasteiger partial charge in [-0.1, -0.05) is 172 Å². The van der Waals surface area contributed by atoms with Crippen LogP contribution in [-0.2, 0) is 5.41 Å². The molecule has 1 aliphatic rings. The summed E-state index contributed by atoms with van der Waals surface area (Å²) < 4.78 is 4.93. The summed E-state index contributed by atoms with van der Waals surface area (Å²) in [6, 6.07) is 75.3. The molecule has 0 aliphatic heterocycles. The molecule has 0 bridgehead atoms. The molecule has 0 saturated carbocycles. The quantitative estimate of drug-likeness (QED) is 0.177. The van der Waals surface area contributed by atoms with Crippen molar-refractivity contribution in [2.24, 2.45) is 0 Å². The molecular weight excluding hydrogens is 789 g/mol. The van der Waals surface area contributed by atoms with Gasteiger partial charge in [-0.2, -0.15) is 0 Å². The van der Waals surface area contributed by atoms with Gasteiger partial charge in [-0.3, -0.25) is 0 Å². The largest absolute Gasteiger partial charge is 0.309 e. The second kappa shape index (κ2) is 13.3. The predicted molar refractivity (Wildman–Crippen MR) is 272 cm³/mol. The first-order valence-electron chi connectivity index (χ1n) is 22.5. The van der Waals surface area contributed by atoms with Crippen LogP contribution in [0.1, 0.15) is 25.0 Å². The molecule has 0 radical (unpaired) electrons. The Morgan fingerprint density at radius 1 is 0.354 bits per heavy atom. The van der Waals surface area contributed by atoms with Crippen LogP contribution in [0.15, 0.2) is 206 Å². The van der Waals surface area contributed by atoms with Crippen molar-refractivity contribution in [2.45, 2.75) is 19.3 Å². The molecule has 0 spiro atoms. The van der Waals surface area contributed by atoms with Gasteiger partial charge in [0.15, 0.2) is 5.82 Å². The maximum atomic E-state index is 5.57. The number of rotatable bonds is 4. The fourth-order valence-corrected chi connectivity index (χ4v) is 11.4. The van der Waals surface area contributed by atoms with Gasteiger partial charge in [0.05, 0.1) is 44.7 Å². The first-order valence-corrected chi connectivity index (χ1v) is 22.5. The zero-order chi connectivity index (χ0) is 43.0. The first-order chi connectivity index (χ1) is 32.0. The van der Waals surface area contributed by atoms with Crippen molar-refractivity contribution in [3.8, 4) is 45.1 Å². The molecule has 0 saturated heterocycles. The minimum Gasteiger partial charge on any atom is -0.309 e. The zero-order valence-corrected chi connectivity index (χ0v) is 35.9. The van der Waals surface area contributed by atoms with Gasteiger partial charge in [0.25, 0.3) is 0 Å². The van der Waals surface area contributed by atoms with E-state index < -0.39 is 0 Å². The Morgan fingerprint density at radius 3 is 1.65 bits per heavy atom. The Hall–Kier alpha value is -8.34. The third-order valence-corrected chi connectivity index (χ3v) is 14.3. The molecule has 304 valence electrons. The van der Waals surface area contributed by atoms with E-state index in [0.717, 1.165) is 50.0 Å². The molecule has 3 aromatic heterocycles. The van der Waals surface area contributed by atoms with Crippen LogP contribution in [0.4, 0.5) is 0 Å². The highest BCUT2D eigenvalue weighted by atomic mass is 15.0. The minimum atomic E-state index is -0.126. The Labute approximate surface area is 375 Å². The highest BCUT2D eigenvalue weighted by Crippen LogP contribution is 2.52. The van der Waals surface area contributed by atoms with E-state index in [4.69, 9.17) is 9.97 Å². The van der Waals surface area contributed by atoms with Crippen LogP contribution in [0.3, 0.4) is 0 Å². The van der Waals surface area contributed by atoms with Crippen molar-refractivity contribution in [3.05, 3.63) is 217 Å². The molecule has 0 unspecified atom stereocenters. The van der Waals surface area contributed by atoms with E-state index in [0.29, 0.717) is 0 Å². The third-order valence-electron chi connectivity index (χ3n) is 14.3. The summed E-state index contributed by atoms with van der Waals surface area (Å²) in [4.78, 5) is 10.9. The Morgan fingerprint density at radius 2 is 0.877 bits per heavy atom. The molecular formula is C61H40N4. The van der Waals surface area contributed by atoms with E-state index >= 15 is 0 Å². The summed E-state index contributed by atoms with van der Waals surface area (Å²) in [7, 11) is 0. The average molecular weight is 829 g/mol. The van der Waals surface area contributed by atoms with Crippen LogP contribution < -0.4 is 0 Å². The molecule has 3 heterocycles. The van der Waals surface area contributed by atoms with Crippen molar-refractivity contribution in [1.82, 2.24) is 19.1 Å². The van der Waals surface area contributed by atoms with Gasteiger partial charge in [-0.05, 0) is 81.6 Å². The molecule has 4 nitrogen and oxygen atoms in total. The topological polar surface area (TPSA) is 35.6 Å². The van der Waals surface area contributed by atoms with Crippen molar-refractivity contribution in [1.29, 1.82) is 0 Å². The second-order valence-corrected chi connectivity index (χ2v) is 18.1. The molecule has 4 heteroatoms. The van der Waals surface area contributed by atoms with E-state index in [2.05, 4.69) is 229 Å². The van der Waals surface area contributed by atoms with Gasteiger partial charge >= 0.3 is 0 Å². The summed E-state index contributed by atoms with van der Waals surface area (Å²) >= 11 is 0. The lowest BCUT2D eigenvalue weighted by Crippen LogP contribution is -2.14. The fraction of sp³-hybridized carbons (Fsp3) is 0.0492. The van der Waals surface area contributed by atoms with Crippen LogP contribution >= 0.6 is 0 Å². The molecule has 0 fully saturated rings. The van der Waals surface area contributed by atoms with Crippen LogP contribution in [0, 0.1) is 0 Å². The van der Waals surface area contributed by atoms with Crippen molar-refractivity contribution < 1.29 is 0 Å². The number of hydrogen-bond acceptors (Lipinski definition) is 2. The number of fused-ring (bicyclic) bond motifs is 12. The summed E-state index contributed by atoms with van der Waals surface area (Å²) in [5.41, 5.74) is 16.1. The minimum absolute atomic E-state index is 0.126. The lowest BCUT2D eigenvalue weighted by molar-refractivity contribution is 0.660. The van der Waals surface area contributed by atoms with E-state index in [-0.39, 0.29) is 5.41 Å². The summed E-state index contributed by atoms with van der Waals surface area (Å²) in [6.45, 7) is 4.65. The van der Waals surface area contributed by atoms with E-state index in [9.17, 15) is 0 Å². The highest BCUT2D eigenvalue weighted by Gasteiger charge is 2.37. The molecule has 0 atom stereocenters. The predicted octanol–water partition coefficient (Wildman–Crippen LogP) is 15.8. The van der Waals surface area contributed by atoms with Gasteiger partial charge < -0.3 is 9.13 Å². The number of aromatic nitrogens is 4. The van der Waals surface area contributed by atoms with Crippen LogP contribution in [0.5, 0.6) is 0 Å². The maximum absolute atomic E-state index is 5.57. The third kappa shape index (κ3) is 5.02. The molecule has 13 aromatic rings. The van der Waals surface area contributed by atoms with Crippen molar-refractivity contribution in [2.75, 3.05) is 0 Å². The maximum Gasteiger partial charge on any atom is 0.161 e. The van der Waals surface area contributed by atoms with Gasteiger partial charge in [-0.25, -0.2) is 9.97 Å². The van der Waals surface area contributed by atoms with Crippen LogP contribution in [0.25, 0.3) is 121 Å². The number of hydrogen-bond donors (Lipinski definition) is 0. The summed E-state index contributed by atoms with van der Waals surface area (Å²) in [6.07, 6.45) is 0. The average Bonchev–Trinajstić information content (AvgIpc) is 3.95. The second-order valence-electron chi connectivity index (χ2n) is 18.1. The Kier molecular flexibility index (Phi) is 7.42. The van der Waals surface area contributed by atoms with Gasteiger partial charge in [0.1, 0.15) is 0 Å². The normalized spacial score (nSPS) is 13.2. The first kappa shape index (κ1) is 36.2. The number of benzene rings is 10. The van der Waals surface area contributed by atoms with E-state index in [1.54, 1.807) is 0 Å². The van der Waals surface area contributed by atoms with E-state index in [1.165, 1.54) is 82.3 Å². The van der Waals surface area contributed by atoms with Crippen molar-refractivity contribution >= 4 is 76.1 Å². The van der Waals surface area contributed by atoms with Crippen LogP contribution in [-0.4, -0.2) is 19.1 Å². The molecule has 0 N–H and O–H groups in total. The van der Waals surface area contributed by atoms with Crippen LogP contribution in [0.2, 0.25) is 0 Å². The molecule has 1 aliphatic carbocycles. The fourth-order valence-electron chi connectivity index (χ4n) is 11.4. The standard InChI is InChI=1S/C61H40N4/c1-61(2)49-27-8-3-21-44(49)58-46(26-15-28-50(58)61)60-62-51-29-9-4-22-45(51)59(63-60)43-25-14-24-39-38(43)23-16-34-55(39)65-54-32-12-7-20-42(54)48-35-37-17-13-33-56(47(37)36-57(48)65)64-52-30-10-5-18-40(52)41-19-6-11-31-53(41)64/h3-36H,1-2H3. The SMILES string of the molecule is CC1(C)c2ccccc2-c2c(-c3nc(-c4cccc5c(-n6c7ccccc7c7cc8cccc(-n9c%10ccccc%10c%10ccccc%109)c8cc76)cccc45)c4ccccc4n3)cccc21. The lowest BCUT2D eigenvalue weighted by atomic mass is 9.82. The van der Waals surface area contributed by atoms with Gasteiger partial charge in [0.2, 0.25) is 0 Å². The Bertz CT molecular complexity index is 4110. The smallest absolute Gasteiger partial charge is 0.161 e. The number of nitrogens with zero attached hydrogens (tertiary/aromatic N) is 4. The highest BCUT2D eigenvalue weighted by molar-refractivity contribution is 6.17. The zero-order valence-electron chi connectivity index (χ0n) is 35.9. The monoisotopic (exact) mass is 828 g/mol. The van der Waals surface area contributed by atoms with Gasteiger partial charge in [0, 0.05) is 54.2 Å². The van der Waals surface area contributed by atoms with Crippen molar-refractivity contribution in [3.63, 3.8) is 0 Å². The van der Waals surface area contributed by atoms with E-state index in [1.807, 2.05) is 0 Å². The summed E-state index contributed by atoms with van der Waals surface area (Å²) in [5, 5.41) is 10.7. The Balaban J connectivity index is 1.01. The molecule has 65 heavy (non-hydrogen) atoms. The molecule has 14 rings (SSSR count). The summed E-state index contributed by atoms with van der Waals surface area (Å²) in [5.74, 6) is 0.740. The molecule has 10 aromatic carbocycles. The molecule has 0 amide bonds.